The molecule has 1 N–H and O–H groups in total. The molecule has 0 aliphatic heterocycles. The van der Waals surface area contributed by atoms with Gasteiger partial charge >= 0.3 is 0 Å². The van der Waals surface area contributed by atoms with Crippen LogP contribution >= 0.6 is 15.9 Å². The van der Waals surface area contributed by atoms with Gasteiger partial charge in [-0.25, -0.2) is 9.97 Å². The van der Waals surface area contributed by atoms with Gasteiger partial charge < -0.3 is 5.32 Å². The minimum Gasteiger partial charge on any atom is -0.307 e. The maximum atomic E-state index is 4.33. The van der Waals surface area contributed by atoms with Crippen LogP contribution in [-0.4, -0.2) is 16.5 Å². The van der Waals surface area contributed by atoms with Crippen LogP contribution in [0.3, 0.4) is 0 Å². The zero-order chi connectivity index (χ0) is 12.8. The van der Waals surface area contributed by atoms with Crippen LogP contribution in [0, 0.1) is 0 Å². The minimum atomic E-state index is 0.158. The highest BCUT2D eigenvalue weighted by Gasteiger charge is 2.13. The summed E-state index contributed by atoms with van der Waals surface area (Å²) in [6.45, 7) is 2.99. The van der Waals surface area contributed by atoms with Gasteiger partial charge in [0.05, 0.1) is 6.04 Å². The average Bonchev–Trinajstić information content (AvgIpc) is 2.39. The minimum absolute atomic E-state index is 0.158. The van der Waals surface area contributed by atoms with E-state index in [1.165, 1.54) is 5.56 Å². The third-order valence-electron chi connectivity index (χ3n) is 2.68. The molecule has 0 saturated carbocycles. The van der Waals surface area contributed by atoms with E-state index in [4.69, 9.17) is 0 Å². The molecule has 0 spiro atoms. The zero-order valence-corrected chi connectivity index (χ0v) is 11.9. The molecule has 94 valence electrons. The predicted molar refractivity (Wildman–Crippen MR) is 76.3 cm³/mol. The van der Waals surface area contributed by atoms with E-state index in [1.807, 2.05) is 18.2 Å². The maximum absolute atomic E-state index is 4.33. The molecule has 0 radical (unpaired) electrons. The number of aromatic nitrogens is 2. The van der Waals surface area contributed by atoms with E-state index in [9.17, 15) is 0 Å². The number of hydrogen-bond acceptors (Lipinski definition) is 3. The molecule has 2 rings (SSSR count). The van der Waals surface area contributed by atoms with Crippen LogP contribution < -0.4 is 5.32 Å². The lowest BCUT2D eigenvalue weighted by Gasteiger charge is -2.16. The van der Waals surface area contributed by atoms with Crippen molar-refractivity contribution >= 4 is 15.9 Å². The average molecular weight is 306 g/mol. The van der Waals surface area contributed by atoms with Crippen molar-refractivity contribution in [2.45, 2.75) is 19.4 Å². The van der Waals surface area contributed by atoms with Gasteiger partial charge in [0.2, 0.25) is 0 Å². The molecule has 0 fully saturated rings. The molecule has 1 unspecified atom stereocenters. The molecule has 1 atom stereocenters. The molecule has 0 amide bonds. The summed E-state index contributed by atoms with van der Waals surface area (Å²) in [6.07, 6.45) is 4.46. The van der Waals surface area contributed by atoms with Crippen molar-refractivity contribution in [3.05, 3.63) is 58.6 Å². The molecule has 1 aromatic carbocycles. The lowest BCUT2D eigenvalue weighted by atomic mass is 10.1. The molecule has 0 aliphatic rings. The summed E-state index contributed by atoms with van der Waals surface area (Å²) in [4.78, 5) is 8.66. The maximum Gasteiger partial charge on any atom is 0.145 e. The second-order valence-electron chi connectivity index (χ2n) is 4.05. The molecule has 1 heterocycles. The number of likely N-dealkylation sites (N-methyl/N-ethyl adjacent to an activating group) is 1. The number of rotatable bonds is 5. The molecular formula is C14H16BrN3. The number of nitrogens with zero attached hydrogens (tertiary/aromatic N) is 2. The van der Waals surface area contributed by atoms with Crippen molar-refractivity contribution in [3.8, 4) is 0 Å². The van der Waals surface area contributed by atoms with Gasteiger partial charge in [-0.2, -0.15) is 0 Å². The van der Waals surface area contributed by atoms with E-state index in [1.54, 1.807) is 12.4 Å². The van der Waals surface area contributed by atoms with Gasteiger partial charge in [-0.3, -0.25) is 0 Å². The Kier molecular flexibility index (Phi) is 4.84. The summed E-state index contributed by atoms with van der Waals surface area (Å²) in [5.74, 6) is 0.847. The van der Waals surface area contributed by atoms with Crippen molar-refractivity contribution < 1.29 is 0 Å². The first-order valence-corrected chi connectivity index (χ1v) is 6.83. The van der Waals surface area contributed by atoms with E-state index < -0.39 is 0 Å². The molecular weight excluding hydrogens is 290 g/mol. The van der Waals surface area contributed by atoms with E-state index in [0.29, 0.717) is 0 Å². The topological polar surface area (TPSA) is 37.8 Å². The molecule has 0 saturated heterocycles. The summed E-state index contributed by atoms with van der Waals surface area (Å²) in [5.41, 5.74) is 1.27. The smallest absolute Gasteiger partial charge is 0.145 e. The van der Waals surface area contributed by atoms with Crippen LogP contribution in [0.4, 0.5) is 0 Å². The summed E-state index contributed by atoms with van der Waals surface area (Å²) >= 11 is 3.50. The largest absolute Gasteiger partial charge is 0.307 e. The first-order chi connectivity index (χ1) is 8.79. The standard InChI is InChI=1S/C14H16BrN3/c1-2-16-13(14-17-7-4-8-18-14)10-11-5-3-6-12(15)9-11/h3-9,13,16H,2,10H2,1H3. The van der Waals surface area contributed by atoms with E-state index in [2.05, 4.69) is 50.3 Å². The van der Waals surface area contributed by atoms with Crippen molar-refractivity contribution in [3.63, 3.8) is 0 Å². The normalized spacial score (nSPS) is 12.3. The Labute approximate surface area is 116 Å². The van der Waals surface area contributed by atoms with Gasteiger partial charge in [0.15, 0.2) is 0 Å². The first-order valence-electron chi connectivity index (χ1n) is 6.04. The third kappa shape index (κ3) is 3.62. The molecule has 1 aromatic heterocycles. The van der Waals surface area contributed by atoms with Crippen LogP contribution in [-0.2, 0) is 6.42 Å². The lowest BCUT2D eigenvalue weighted by molar-refractivity contribution is 0.521. The Bertz CT molecular complexity index is 487. The Morgan fingerprint density at radius 1 is 1.22 bits per heavy atom. The number of benzene rings is 1. The highest BCUT2D eigenvalue weighted by atomic mass is 79.9. The highest BCUT2D eigenvalue weighted by Crippen LogP contribution is 2.18. The Morgan fingerprint density at radius 3 is 2.67 bits per heavy atom. The summed E-state index contributed by atoms with van der Waals surface area (Å²) in [5, 5.41) is 3.43. The summed E-state index contributed by atoms with van der Waals surface area (Å²) in [6, 6.07) is 10.3. The molecule has 0 bridgehead atoms. The SMILES string of the molecule is CCNC(Cc1cccc(Br)c1)c1ncccn1. The van der Waals surface area contributed by atoms with E-state index in [-0.39, 0.29) is 6.04 Å². The van der Waals surface area contributed by atoms with Gasteiger partial charge in [0, 0.05) is 16.9 Å². The first kappa shape index (κ1) is 13.2. The fourth-order valence-electron chi connectivity index (χ4n) is 1.89. The fraction of sp³-hybridized carbons (Fsp3) is 0.286. The molecule has 18 heavy (non-hydrogen) atoms. The van der Waals surface area contributed by atoms with Crippen LogP contribution in [0.25, 0.3) is 0 Å². The number of nitrogens with one attached hydrogen (secondary N) is 1. The van der Waals surface area contributed by atoms with Gasteiger partial charge in [-0.15, -0.1) is 0 Å². The van der Waals surface area contributed by atoms with Crippen LogP contribution in [0.15, 0.2) is 47.2 Å². The Hall–Kier alpha value is -1.26. The highest BCUT2D eigenvalue weighted by molar-refractivity contribution is 9.10. The molecule has 3 nitrogen and oxygen atoms in total. The predicted octanol–water partition coefficient (Wildman–Crippen LogP) is 3.13. The monoisotopic (exact) mass is 305 g/mol. The Morgan fingerprint density at radius 2 is 2.00 bits per heavy atom. The van der Waals surface area contributed by atoms with Gasteiger partial charge in [0.25, 0.3) is 0 Å². The van der Waals surface area contributed by atoms with Crippen LogP contribution in [0.2, 0.25) is 0 Å². The molecule has 0 aliphatic carbocycles. The van der Waals surface area contributed by atoms with Crippen molar-refractivity contribution in [2.24, 2.45) is 0 Å². The number of halogens is 1. The second-order valence-corrected chi connectivity index (χ2v) is 4.97. The van der Waals surface area contributed by atoms with Crippen LogP contribution in [0.1, 0.15) is 24.4 Å². The Balaban J connectivity index is 2.16. The molecule has 4 heteroatoms. The van der Waals surface area contributed by atoms with Crippen LogP contribution in [0.5, 0.6) is 0 Å². The van der Waals surface area contributed by atoms with Crippen molar-refractivity contribution in [2.75, 3.05) is 6.54 Å². The zero-order valence-electron chi connectivity index (χ0n) is 10.3. The lowest BCUT2D eigenvalue weighted by Crippen LogP contribution is -2.24. The fourth-order valence-corrected chi connectivity index (χ4v) is 2.34. The summed E-state index contributed by atoms with van der Waals surface area (Å²) in [7, 11) is 0. The molecule has 2 aromatic rings. The van der Waals surface area contributed by atoms with E-state index in [0.717, 1.165) is 23.3 Å². The third-order valence-corrected chi connectivity index (χ3v) is 3.17. The quantitative estimate of drug-likeness (QED) is 0.922. The summed E-state index contributed by atoms with van der Waals surface area (Å²) < 4.78 is 1.10. The van der Waals surface area contributed by atoms with Gasteiger partial charge in [0.1, 0.15) is 5.82 Å². The number of hydrogen-bond donors (Lipinski definition) is 1. The van der Waals surface area contributed by atoms with Gasteiger partial charge in [-0.05, 0) is 36.7 Å². The van der Waals surface area contributed by atoms with Gasteiger partial charge in [-0.1, -0.05) is 35.0 Å². The van der Waals surface area contributed by atoms with E-state index >= 15 is 0 Å². The van der Waals surface area contributed by atoms with Crippen molar-refractivity contribution in [1.29, 1.82) is 0 Å². The second kappa shape index (κ2) is 6.61. The van der Waals surface area contributed by atoms with Crippen molar-refractivity contribution in [1.82, 2.24) is 15.3 Å².